The first-order valence-electron chi connectivity index (χ1n) is 8.30. The molecule has 2 bridgehead atoms. The molecule has 26 heavy (non-hydrogen) atoms. The number of carbonyl (C=O) groups excluding carboxylic acids is 2. The van der Waals surface area contributed by atoms with E-state index < -0.39 is 17.7 Å². The molecule has 0 aliphatic carbocycles. The van der Waals surface area contributed by atoms with Crippen LogP contribution in [0.3, 0.4) is 0 Å². The highest BCUT2D eigenvalue weighted by molar-refractivity contribution is 6.30. The van der Waals surface area contributed by atoms with Crippen LogP contribution in [0.1, 0.15) is 24.1 Å². The summed E-state index contributed by atoms with van der Waals surface area (Å²) >= 11 is 5.89. The van der Waals surface area contributed by atoms with Crippen molar-refractivity contribution in [2.75, 3.05) is 5.32 Å². The van der Waals surface area contributed by atoms with Gasteiger partial charge in [-0.2, -0.15) is 0 Å². The molecule has 2 heterocycles. The summed E-state index contributed by atoms with van der Waals surface area (Å²) < 4.78 is 6.05. The van der Waals surface area contributed by atoms with E-state index in [-0.39, 0.29) is 11.9 Å². The number of halogens is 1. The fourth-order valence-electron chi connectivity index (χ4n) is 3.62. The maximum absolute atomic E-state index is 13.1. The number of aryl methyl sites for hydroxylation is 1. The number of amides is 3. The number of rotatable bonds is 2. The van der Waals surface area contributed by atoms with Crippen LogP contribution in [0.5, 0.6) is 5.75 Å². The minimum absolute atomic E-state index is 0.250. The Labute approximate surface area is 155 Å². The van der Waals surface area contributed by atoms with Crippen molar-refractivity contribution in [3.63, 3.8) is 0 Å². The van der Waals surface area contributed by atoms with Crippen LogP contribution in [0.2, 0.25) is 5.02 Å². The molecule has 6 nitrogen and oxygen atoms in total. The number of urea groups is 1. The van der Waals surface area contributed by atoms with Crippen molar-refractivity contribution in [1.82, 2.24) is 10.6 Å². The number of fused-ring (bicyclic) bond motifs is 4. The van der Waals surface area contributed by atoms with Gasteiger partial charge < -0.3 is 15.4 Å². The predicted octanol–water partition coefficient (Wildman–Crippen LogP) is 3.37. The minimum atomic E-state index is -1.15. The van der Waals surface area contributed by atoms with Crippen LogP contribution in [-0.4, -0.2) is 17.7 Å². The van der Waals surface area contributed by atoms with E-state index in [9.17, 15) is 9.59 Å². The summed E-state index contributed by atoms with van der Waals surface area (Å²) in [6, 6.07) is 11.8. The van der Waals surface area contributed by atoms with Crippen molar-refractivity contribution >= 4 is 29.2 Å². The fourth-order valence-corrected chi connectivity index (χ4v) is 3.74. The molecule has 3 amide bonds. The normalized spacial score (nSPS) is 26.0. The first-order chi connectivity index (χ1) is 12.4. The Morgan fingerprint density at radius 1 is 1.23 bits per heavy atom. The van der Waals surface area contributed by atoms with E-state index in [1.165, 1.54) is 0 Å². The molecule has 134 valence electrons. The summed E-state index contributed by atoms with van der Waals surface area (Å²) in [5, 5.41) is 9.09. The fraction of sp³-hybridized carbons (Fsp3) is 0.263. The number of hydrogen-bond donors (Lipinski definition) is 3. The number of hydrogen-bond acceptors (Lipinski definition) is 3. The van der Waals surface area contributed by atoms with E-state index in [0.29, 0.717) is 16.5 Å². The van der Waals surface area contributed by atoms with Gasteiger partial charge in [-0.15, -0.1) is 0 Å². The third-order valence-corrected chi connectivity index (χ3v) is 5.04. The van der Waals surface area contributed by atoms with Crippen molar-refractivity contribution in [3.8, 4) is 5.75 Å². The number of ether oxygens (including phenoxy) is 1. The van der Waals surface area contributed by atoms with Crippen LogP contribution < -0.4 is 20.7 Å². The Balaban J connectivity index is 1.71. The van der Waals surface area contributed by atoms with E-state index in [1.807, 2.05) is 25.1 Å². The molecule has 2 aromatic carbocycles. The third kappa shape index (κ3) is 2.76. The van der Waals surface area contributed by atoms with Gasteiger partial charge >= 0.3 is 6.03 Å². The summed E-state index contributed by atoms with van der Waals surface area (Å²) in [5.41, 5.74) is 1.31. The Kier molecular flexibility index (Phi) is 3.80. The average Bonchev–Trinajstić information content (AvgIpc) is 2.56. The standard InChI is InChI=1S/C19H18ClN3O3/c1-10-3-8-14-13(9-10)16-15(19(2,26-14)23-18(25)22-16)17(24)21-12-6-4-11(20)5-7-12/h3-9,15-16H,1-2H3,(H,21,24)(H2,22,23,25)/t15-,16+,19-/m0/s1. The summed E-state index contributed by atoms with van der Waals surface area (Å²) in [5.74, 6) is -0.240. The smallest absolute Gasteiger partial charge is 0.318 e. The van der Waals surface area contributed by atoms with E-state index in [0.717, 1.165) is 11.1 Å². The maximum Gasteiger partial charge on any atom is 0.318 e. The third-order valence-electron chi connectivity index (χ3n) is 4.79. The molecule has 7 heteroatoms. The van der Waals surface area contributed by atoms with Crippen LogP contribution in [0.15, 0.2) is 42.5 Å². The lowest BCUT2D eigenvalue weighted by Crippen LogP contribution is -2.70. The molecular weight excluding hydrogens is 354 g/mol. The zero-order valence-electron chi connectivity index (χ0n) is 14.3. The molecule has 0 radical (unpaired) electrons. The van der Waals surface area contributed by atoms with Crippen molar-refractivity contribution in [3.05, 3.63) is 58.6 Å². The Morgan fingerprint density at radius 3 is 2.69 bits per heavy atom. The van der Waals surface area contributed by atoms with Crippen LogP contribution in [0.4, 0.5) is 10.5 Å². The number of anilines is 1. The lowest BCUT2D eigenvalue weighted by atomic mass is 9.79. The zero-order chi connectivity index (χ0) is 18.5. The highest BCUT2D eigenvalue weighted by Gasteiger charge is 2.55. The number of benzene rings is 2. The second-order valence-corrected chi connectivity index (χ2v) is 7.24. The molecule has 3 N–H and O–H groups in total. The zero-order valence-corrected chi connectivity index (χ0v) is 15.1. The molecule has 1 fully saturated rings. The molecule has 0 spiro atoms. The quantitative estimate of drug-likeness (QED) is 0.757. The van der Waals surface area contributed by atoms with Gasteiger partial charge in [0, 0.05) is 16.3 Å². The molecule has 0 unspecified atom stereocenters. The maximum atomic E-state index is 13.1. The van der Waals surface area contributed by atoms with Gasteiger partial charge in [0.05, 0.1) is 6.04 Å². The first-order valence-corrected chi connectivity index (χ1v) is 8.68. The lowest BCUT2D eigenvalue weighted by molar-refractivity contribution is -0.133. The van der Waals surface area contributed by atoms with Gasteiger partial charge in [0.1, 0.15) is 11.7 Å². The Bertz CT molecular complexity index is 899. The predicted molar refractivity (Wildman–Crippen MR) is 98.2 cm³/mol. The van der Waals surface area contributed by atoms with Crippen molar-refractivity contribution < 1.29 is 14.3 Å². The summed E-state index contributed by atoms with van der Waals surface area (Å²) in [6.07, 6.45) is 0. The summed E-state index contributed by atoms with van der Waals surface area (Å²) in [6.45, 7) is 3.67. The van der Waals surface area contributed by atoms with Gasteiger partial charge in [-0.3, -0.25) is 10.1 Å². The molecule has 2 aromatic rings. The van der Waals surface area contributed by atoms with Gasteiger partial charge in [0.2, 0.25) is 5.91 Å². The minimum Gasteiger partial charge on any atom is -0.467 e. The monoisotopic (exact) mass is 371 g/mol. The molecule has 0 aromatic heterocycles. The molecule has 2 aliphatic heterocycles. The SMILES string of the molecule is Cc1ccc2c(c1)[C@H]1NC(=O)N[C@@](C)(O2)[C@@H]1C(=O)Nc1ccc(Cl)cc1. The molecular formula is C19H18ClN3O3. The van der Waals surface area contributed by atoms with Gasteiger partial charge in [-0.25, -0.2) is 4.79 Å². The van der Waals surface area contributed by atoms with Crippen LogP contribution in [-0.2, 0) is 4.79 Å². The van der Waals surface area contributed by atoms with Crippen molar-refractivity contribution in [1.29, 1.82) is 0 Å². The summed E-state index contributed by atoms with van der Waals surface area (Å²) in [4.78, 5) is 25.1. The Hall–Kier alpha value is -2.73. The number of carbonyl (C=O) groups is 2. The second kappa shape index (κ2) is 5.92. The highest BCUT2D eigenvalue weighted by atomic mass is 35.5. The average molecular weight is 372 g/mol. The van der Waals surface area contributed by atoms with Crippen LogP contribution >= 0.6 is 11.6 Å². The van der Waals surface area contributed by atoms with E-state index in [4.69, 9.17) is 16.3 Å². The van der Waals surface area contributed by atoms with E-state index in [1.54, 1.807) is 31.2 Å². The van der Waals surface area contributed by atoms with Crippen molar-refractivity contribution in [2.45, 2.75) is 25.6 Å². The first kappa shape index (κ1) is 16.7. The molecule has 0 saturated carbocycles. The molecule has 4 rings (SSSR count). The van der Waals surface area contributed by atoms with Gasteiger partial charge in [0.25, 0.3) is 0 Å². The lowest BCUT2D eigenvalue weighted by Gasteiger charge is -2.49. The van der Waals surface area contributed by atoms with Gasteiger partial charge in [0.15, 0.2) is 5.72 Å². The summed E-state index contributed by atoms with van der Waals surface area (Å²) in [7, 11) is 0. The molecule has 2 aliphatic rings. The second-order valence-electron chi connectivity index (χ2n) is 6.80. The largest absolute Gasteiger partial charge is 0.467 e. The van der Waals surface area contributed by atoms with Crippen LogP contribution in [0, 0.1) is 12.8 Å². The number of nitrogens with one attached hydrogen (secondary N) is 3. The van der Waals surface area contributed by atoms with E-state index >= 15 is 0 Å². The Morgan fingerprint density at radius 2 is 1.96 bits per heavy atom. The highest BCUT2D eigenvalue weighted by Crippen LogP contribution is 2.45. The van der Waals surface area contributed by atoms with Crippen LogP contribution in [0.25, 0.3) is 0 Å². The molecule has 1 saturated heterocycles. The topological polar surface area (TPSA) is 79.5 Å². The van der Waals surface area contributed by atoms with Gasteiger partial charge in [-0.1, -0.05) is 29.3 Å². The van der Waals surface area contributed by atoms with Gasteiger partial charge in [-0.05, 0) is 44.2 Å². The van der Waals surface area contributed by atoms with Crippen molar-refractivity contribution in [2.24, 2.45) is 5.92 Å². The van der Waals surface area contributed by atoms with E-state index in [2.05, 4.69) is 16.0 Å². The molecule has 3 atom stereocenters.